The minimum absolute atomic E-state index is 0.141. The highest BCUT2D eigenvalue weighted by molar-refractivity contribution is 5.52. The molecule has 0 aliphatic heterocycles. The first-order valence-electron chi connectivity index (χ1n) is 7.18. The molecule has 0 aliphatic rings. The Labute approximate surface area is 136 Å². The van der Waals surface area contributed by atoms with E-state index in [0.717, 1.165) is 24.3 Å². The largest absolute Gasteiger partial charge is 0.508 e. The predicted molar refractivity (Wildman–Crippen MR) is 83.5 cm³/mol. The highest BCUT2D eigenvalue weighted by atomic mass is 19.1. The van der Waals surface area contributed by atoms with Crippen LogP contribution in [0, 0.1) is 17.5 Å². The Morgan fingerprint density at radius 3 is 1.46 bits per heavy atom. The molecule has 0 heterocycles. The van der Waals surface area contributed by atoms with Gasteiger partial charge in [-0.25, -0.2) is 13.2 Å². The third-order valence-corrected chi connectivity index (χ3v) is 3.80. The minimum atomic E-state index is -0.864. The van der Waals surface area contributed by atoms with E-state index in [-0.39, 0.29) is 22.6 Å². The van der Waals surface area contributed by atoms with Crippen molar-refractivity contribution in [3.8, 4) is 11.5 Å². The smallest absolute Gasteiger partial charge is 0.123 e. The lowest BCUT2D eigenvalue weighted by atomic mass is 9.84. The quantitative estimate of drug-likeness (QED) is 0.684. The number of halogens is 3. The minimum Gasteiger partial charge on any atom is -0.508 e. The fourth-order valence-corrected chi connectivity index (χ4v) is 2.70. The van der Waals surface area contributed by atoms with E-state index in [4.69, 9.17) is 0 Å². The molecule has 0 aliphatic carbocycles. The van der Waals surface area contributed by atoms with Crippen LogP contribution in [0.4, 0.5) is 13.2 Å². The molecule has 0 atom stereocenters. The summed E-state index contributed by atoms with van der Waals surface area (Å²) < 4.78 is 40.6. The molecule has 24 heavy (non-hydrogen) atoms. The van der Waals surface area contributed by atoms with Gasteiger partial charge in [0.2, 0.25) is 0 Å². The molecule has 2 N–H and O–H groups in total. The number of hydrogen-bond donors (Lipinski definition) is 2. The van der Waals surface area contributed by atoms with Crippen LogP contribution >= 0.6 is 0 Å². The summed E-state index contributed by atoms with van der Waals surface area (Å²) >= 11 is 0. The SMILES string of the molecule is Oc1ccc(F)cc1C(c1ccc(F)cc1)c1cc(F)ccc1O. The van der Waals surface area contributed by atoms with Gasteiger partial charge in [-0.2, -0.15) is 0 Å². The summed E-state index contributed by atoms with van der Waals surface area (Å²) in [4.78, 5) is 0. The molecule has 0 bridgehead atoms. The first kappa shape index (κ1) is 15.9. The van der Waals surface area contributed by atoms with Crippen molar-refractivity contribution in [3.63, 3.8) is 0 Å². The maximum absolute atomic E-state index is 13.7. The summed E-state index contributed by atoms with van der Waals surface area (Å²) in [5, 5.41) is 20.3. The standard InChI is InChI=1S/C19H13F3O2/c20-12-3-1-11(2-4-12)19(15-9-13(21)5-7-17(15)23)16-10-14(22)6-8-18(16)24/h1-10,19,23-24H. The second-order valence-corrected chi connectivity index (χ2v) is 5.39. The molecule has 5 heteroatoms. The second kappa shape index (κ2) is 6.28. The first-order chi connectivity index (χ1) is 11.5. The molecule has 0 aromatic heterocycles. The van der Waals surface area contributed by atoms with Crippen molar-refractivity contribution in [2.75, 3.05) is 0 Å². The Morgan fingerprint density at radius 2 is 1.00 bits per heavy atom. The number of hydrogen-bond acceptors (Lipinski definition) is 2. The Kier molecular flexibility index (Phi) is 4.16. The molecule has 2 nitrogen and oxygen atoms in total. The highest BCUT2D eigenvalue weighted by Gasteiger charge is 2.24. The summed E-state index contributed by atoms with van der Waals surface area (Å²) in [5.74, 6) is -2.94. The van der Waals surface area contributed by atoms with Crippen LogP contribution in [0.15, 0.2) is 60.7 Å². The first-order valence-corrected chi connectivity index (χ1v) is 7.18. The maximum atomic E-state index is 13.7. The van der Waals surface area contributed by atoms with E-state index in [2.05, 4.69) is 0 Å². The molecule has 0 spiro atoms. The highest BCUT2D eigenvalue weighted by Crippen LogP contribution is 2.40. The average molecular weight is 330 g/mol. The Morgan fingerprint density at radius 1 is 0.583 bits per heavy atom. The second-order valence-electron chi connectivity index (χ2n) is 5.39. The van der Waals surface area contributed by atoms with Crippen LogP contribution in [0.1, 0.15) is 22.6 Å². The predicted octanol–water partition coefficient (Wildman–Crippen LogP) is 4.70. The van der Waals surface area contributed by atoms with Gasteiger partial charge in [0, 0.05) is 17.0 Å². The molecule has 3 rings (SSSR count). The Bertz CT molecular complexity index is 825. The van der Waals surface area contributed by atoms with Gasteiger partial charge >= 0.3 is 0 Å². The third-order valence-electron chi connectivity index (χ3n) is 3.80. The normalized spacial score (nSPS) is 11.0. The van der Waals surface area contributed by atoms with Gasteiger partial charge in [0.1, 0.15) is 29.0 Å². The molecule has 0 fully saturated rings. The van der Waals surface area contributed by atoms with Crippen molar-refractivity contribution >= 4 is 0 Å². The molecule has 0 radical (unpaired) electrons. The van der Waals surface area contributed by atoms with Gasteiger partial charge < -0.3 is 10.2 Å². The van der Waals surface area contributed by atoms with Gasteiger partial charge in [-0.15, -0.1) is 0 Å². The van der Waals surface area contributed by atoms with Crippen molar-refractivity contribution in [2.45, 2.75) is 5.92 Å². The summed E-state index contributed by atoms with van der Waals surface area (Å²) in [7, 11) is 0. The zero-order valence-electron chi connectivity index (χ0n) is 12.4. The van der Waals surface area contributed by atoms with Crippen LogP contribution in [0.5, 0.6) is 11.5 Å². The van der Waals surface area contributed by atoms with E-state index in [1.54, 1.807) is 0 Å². The molecule has 0 unspecified atom stereocenters. The molecule has 3 aromatic rings. The monoisotopic (exact) mass is 330 g/mol. The Balaban J connectivity index is 2.26. The molecule has 0 amide bonds. The molecule has 0 saturated heterocycles. The lowest BCUT2D eigenvalue weighted by Crippen LogP contribution is -2.05. The number of phenols is 2. The molecule has 3 aromatic carbocycles. The summed E-state index contributed by atoms with van der Waals surface area (Å²) in [6.45, 7) is 0. The van der Waals surface area contributed by atoms with E-state index in [9.17, 15) is 23.4 Å². The zero-order chi connectivity index (χ0) is 17.3. The molecule has 0 saturated carbocycles. The van der Waals surface area contributed by atoms with E-state index in [1.807, 2.05) is 0 Å². The van der Waals surface area contributed by atoms with E-state index in [1.165, 1.54) is 36.4 Å². The summed E-state index contributed by atoms with van der Waals surface area (Å²) in [5.41, 5.74) is 0.753. The van der Waals surface area contributed by atoms with Gasteiger partial charge in [-0.1, -0.05) is 12.1 Å². The van der Waals surface area contributed by atoms with Crippen molar-refractivity contribution < 1.29 is 23.4 Å². The maximum Gasteiger partial charge on any atom is 0.123 e. The van der Waals surface area contributed by atoms with Gasteiger partial charge in [-0.05, 0) is 54.1 Å². The van der Waals surface area contributed by atoms with Crippen LogP contribution in [0.3, 0.4) is 0 Å². The zero-order valence-corrected chi connectivity index (χ0v) is 12.4. The molecule has 122 valence electrons. The van der Waals surface area contributed by atoms with Crippen LogP contribution in [-0.2, 0) is 0 Å². The molecular weight excluding hydrogens is 317 g/mol. The van der Waals surface area contributed by atoms with Gasteiger partial charge in [0.25, 0.3) is 0 Å². The third kappa shape index (κ3) is 3.06. The van der Waals surface area contributed by atoms with Gasteiger partial charge in [0.15, 0.2) is 0 Å². The molecular formula is C19H13F3O2. The number of phenolic OH excluding ortho intramolecular Hbond substituents is 2. The van der Waals surface area contributed by atoms with Crippen molar-refractivity contribution in [1.29, 1.82) is 0 Å². The van der Waals surface area contributed by atoms with E-state index in [0.29, 0.717) is 5.56 Å². The average Bonchev–Trinajstić information content (AvgIpc) is 2.56. The van der Waals surface area contributed by atoms with Crippen LogP contribution in [-0.4, -0.2) is 10.2 Å². The lowest BCUT2D eigenvalue weighted by molar-refractivity contribution is 0.455. The summed E-state index contributed by atoms with van der Waals surface area (Å²) in [6, 6.07) is 12.0. The van der Waals surface area contributed by atoms with Crippen molar-refractivity contribution in [2.24, 2.45) is 0 Å². The fraction of sp³-hybridized carbons (Fsp3) is 0.0526. The number of aromatic hydroxyl groups is 2. The Hall–Kier alpha value is -2.95. The van der Waals surface area contributed by atoms with Gasteiger partial charge in [-0.3, -0.25) is 0 Å². The summed E-state index contributed by atoms with van der Waals surface area (Å²) in [6.07, 6.45) is 0. The topological polar surface area (TPSA) is 40.5 Å². The van der Waals surface area contributed by atoms with E-state index < -0.39 is 23.4 Å². The number of benzene rings is 3. The van der Waals surface area contributed by atoms with E-state index >= 15 is 0 Å². The lowest BCUT2D eigenvalue weighted by Gasteiger charge is -2.21. The van der Waals surface area contributed by atoms with Crippen LogP contribution in [0.25, 0.3) is 0 Å². The van der Waals surface area contributed by atoms with Crippen LogP contribution in [0.2, 0.25) is 0 Å². The van der Waals surface area contributed by atoms with Crippen LogP contribution < -0.4 is 0 Å². The van der Waals surface area contributed by atoms with Crippen molar-refractivity contribution in [3.05, 3.63) is 94.8 Å². The van der Waals surface area contributed by atoms with Gasteiger partial charge in [0.05, 0.1) is 0 Å². The number of rotatable bonds is 3. The van der Waals surface area contributed by atoms with Crippen molar-refractivity contribution in [1.82, 2.24) is 0 Å². The fourth-order valence-electron chi connectivity index (χ4n) is 2.70.